The highest BCUT2D eigenvalue weighted by Gasteiger charge is 2.39. The number of aryl methyl sites for hydroxylation is 2. The number of carbonyl (C=O) groups is 1. The Balaban J connectivity index is 1.49. The van der Waals surface area contributed by atoms with Crippen LogP contribution in [0.25, 0.3) is 28.0 Å². The van der Waals surface area contributed by atoms with Crippen molar-refractivity contribution >= 4 is 17.4 Å². The van der Waals surface area contributed by atoms with Crippen LogP contribution in [-0.2, 0) is 19.0 Å². The van der Waals surface area contributed by atoms with Gasteiger partial charge in [0.2, 0.25) is 0 Å². The maximum atomic E-state index is 15.8. The van der Waals surface area contributed by atoms with Gasteiger partial charge in [-0.3, -0.25) is 0 Å². The average molecular weight is 657 g/mol. The van der Waals surface area contributed by atoms with E-state index in [9.17, 15) is 4.79 Å². The molecule has 0 unspecified atom stereocenters. The minimum atomic E-state index is -1.02. The lowest BCUT2D eigenvalue weighted by atomic mass is 9.85. The third-order valence-electron chi connectivity index (χ3n) is 9.92. The van der Waals surface area contributed by atoms with Crippen molar-refractivity contribution < 1.29 is 28.1 Å². The predicted octanol–water partition coefficient (Wildman–Crippen LogP) is 7.84. The summed E-state index contributed by atoms with van der Waals surface area (Å²) in [7, 11) is 1.38. The Hall–Kier alpha value is -4.02. The Labute approximate surface area is 281 Å². The van der Waals surface area contributed by atoms with Crippen LogP contribution in [-0.4, -0.2) is 58.6 Å². The molecule has 4 aliphatic heterocycles. The lowest BCUT2D eigenvalue weighted by molar-refractivity contribution is -0.164. The Morgan fingerprint density at radius 2 is 1.85 bits per heavy atom. The molecule has 2 atom stereocenters. The first-order valence-corrected chi connectivity index (χ1v) is 17.0. The van der Waals surface area contributed by atoms with Crippen molar-refractivity contribution in [3.05, 3.63) is 64.6 Å². The largest absolute Gasteiger partial charge is 0.485 e. The summed E-state index contributed by atoms with van der Waals surface area (Å²) in [5.74, 6) is 0.539. The fourth-order valence-corrected chi connectivity index (χ4v) is 7.41. The van der Waals surface area contributed by atoms with Crippen LogP contribution < -0.4 is 9.64 Å². The standard InChI is InChI=1S/C38H45FN4O5/c1-22-14-15-28-32(33(22)39)25-12-10-11-24-26-21-29-40-23(2)30(34(36(44)45-7)48-37(3,4)5)35(43(29)41-26)42-18-16-38(6,17-19-42)46-20-9-8-13-27(47-28)31(24)25/h10-12,14-15,21,27,34H,8-9,13,16-20H2,1-7H3/t27-,34+/m1/s1. The quantitative estimate of drug-likeness (QED) is 0.206. The molecular weight excluding hydrogens is 611 g/mol. The number of halogens is 1. The van der Waals surface area contributed by atoms with E-state index in [0.29, 0.717) is 59.2 Å². The highest BCUT2D eigenvalue weighted by molar-refractivity contribution is 5.85. The molecule has 0 radical (unpaired) electrons. The Kier molecular flexibility index (Phi) is 8.23. The number of nitrogens with zero attached hydrogens (tertiary/aromatic N) is 4. The molecule has 4 aromatic rings. The fourth-order valence-electron chi connectivity index (χ4n) is 7.41. The maximum absolute atomic E-state index is 15.8. The smallest absolute Gasteiger partial charge is 0.339 e. The van der Waals surface area contributed by atoms with Gasteiger partial charge in [-0.2, -0.15) is 9.61 Å². The number of aromatic nitrogens is 3. The van der Waals surface area contributed by atoms with Crippen LogP contribution in [0.4, 0.5) is 10.2 Å². The summed E-state index contributed by atoms with van der Waals surface area (Å²) >= 11 is 0. The highest BCUT2D eigenvalue weighted by Crippen LogP contribution is 2.49. The zero-order chi connectivity index (χ0) is 34.0. The lowest BCUT2D eigenvalue weighted by Gasteiger charge is -2.41. The average Bonchev–Trinajstić information content (AvgIpc) is 3.47. The topological polar surface area (TPSA) is 87.4 Å². The molecule has 254 valence electrons. The third-order valence-corrected chi connectivity index (χ3v) is 9.92. The number of fused-ring (bicyclic) bond motifs is 8. The molecule has 8 rings (SSSR count). The molecule has 48 heavy (non-hydrogen) atoms. The first-order valence-electron chi connectivity index (χ1n) is 17.0. The molecule has 0 amide bonds. The van der Waals surface area contributed by atoms with Gasteiger partial charge in [-0.25, -0.2) is 14.2 Å². The van der Waals surface area contributed by atoms with Crippen molar-refractivity contribution in [3.8, 4) is 28.1 Å². The van der Waals surface area contributed by atoms with E-state index in [2.05, 4.69) is 11.8 Å². The number of piperidine rings is 1. The summed E-state index contributed by atoms with van der Waals surface area (Å²) < 4.78 is 42.5. The molecule has 2 aromatic carbocycles. The van der Waals surface area contributed by atoms with Crippen LogP contribution in [0, 0.1) is 19.7 Å². The van der Waals surface area contributed by atoms with E-state index in [0.717, 1.165) is 54.6 Å². The van der Waals surface area contributed by atoms with Crippen molar-refractivity contribution in [1.29, 1.82) is 0 Å². The zero-order valence-electron chi connectivity index (χ0n) is 29.0. The summed E-state index contributed by atoms with van der Waals surface area (Å²) in [6.45, 7) is 13.7. The Bertz CT molecular complexity index is 1890. The number of anilines is 1. The number of rotatable bonds is 3. The van der Waals surface area contributed by atoms with Gasteiger partial charge in [0.05, 0.1) is 35.1 Å². The predicted molar refractivity (Wildman–Crippen MR) is 182 cm³/mol. The minimum absolute atomic E-state index is 0.274. The summed E-state index contributed by atoms with van der Waals surface area (Å²) in [6, 6.07) is 11.6. The van der Waals surface area contributed by atoms with Gasteiger partial charge < -0.3 is 23.8 Å². The molecule has 0 saturated carbocycles. The second-order valence-electron chi connectivity index (χ2n) is 14.6. The van der Waals surface area contributed by atoms with Gasteiger partial charge in [-0.05, 0) is 90.8 Å². The maximum Gasteiger partial charge on any atom is 0.339 e. The van der Waals surface area contributed by atoms with E-state index in [4.69, 9.17) is 29.0 Å². The van der Waals surface area contributed by atoms with Gasteiger partial charge in [0.25, 0.3) is 0 Å². The lowest BCUT2D eigenvalue weighted by Crippen LogP contribution is -2.46. The van der Waals surface area contributed by atoms with Crippen molar-refractivity contribution in [2.75, 3.05) is 31.7 Å². The molecule has 1 saturated heterocycles. The second-order valence-corrected chi connectivity index (χ2v) is 14.6. The van der Waals surface area contributed by atoms with E-state index in [1.807, 2.05) is 62.5 Å². The SMILES string of the molecule is COC(=O)[C@@H](OC(C)(C)C)c1c(C)nc2cc3nn2c1N1CCC(C)(CC1)OCCCC[C@H]1Oc2ccc(C)c(F)c2-c2cccc-3c21. The molecular formula is C38H45FN4O5. The molecule has 10 heteroatoms. The van der Waals surface area contributed by atoms with Crippen LogP contribution in [0.15, 0.2) is 36.4 Å². The van der Waals surface area contributed by atoms with Crippen molar-refractivity contribution in [2.24, 2.45) is 0 Å². The molecule has 1 fully saturated rings. The van der Waals surface area contributed by atoms with Crippen LogP contribution in [0.5, 0.6) is 5.75 Å². The van der Waals surface area contributed by atoms with Gasteiger partial charge in [0.1, 0.15) is 23.5 Å². The number of benzene rings is 2. The molecule has 0 spiro atoms. The normalized spacial score (nSPS) is 21.5. The highest BCUT2D eigenvalue weighted by atomic mass is 19.1. The van der Waals surface area contributed by atoms with Gasteiger partial charge in [0, 0.05) is 42.6 Å². The van der Waals surface area contributed by atoms with Gasteiger partial charge >= 0.3 is 5.97 Å². The van der Waals surface area contributed by atoms with Crippen molar-refractivity contribution in [1.82, 2.24) is 14.6 Å². The zero-order valence-corrected chi connectivity index (χ0v) is 29.0. The Morgan fingerprint density at radius 3 is 2.58 bits per heavy atom. The summed E-state index contributed by atoms with van der Waals surface area (Å²) in [6.07, 6.45) is 2.84. The van der Waals surface area contributed by atoms with E-state index in [1.54, 1.807) is 13.0 Å². The Morgan fingerprint density at radius 1 is 1.10 bits per heavy atom. The number of hydrogen-bond acceptors (Lipinski definition) is 8. The second kappa shape index (κ2) is 12.1. The van der Waals surface area contributed by atoms with Gasteiger partial charge in [-0.15, -0.1) is 0 Å². The fraction of sp³-hybridized carbons (Fsp3) is 0.500. The monoisotopic (exact) mass is 656 g/mol. The molecule has 6 heterocycles. The van der Waals surface area contributed by atoms with E-state index in [1.165, 1.54) is 7.11 Å². The molecule has 9 nitrogen and oxygen atoms in total. The third kappa shape index (κ3) is 5.72. The van der Waals surface area contributed by atoms with Crippen LogP contribution in [0.1, 0.15) is 94.4 Å². The van der Waals surface area contributed by atoms with Gasteiger partial charge in [-0.1, -0.05) is 24.3 Å². The summed E-state index contributed by atoms with van der Waals surface area (Å²) in [5, 5.41) is 5.22. The molecule has 4 aliphatic rings. The summed E-state index contributed by atoms with van der Waals surface area (Å²) in [4.78, 5) is 20.7. The van der Waals surface area contributed by atoms with Crippen LogP contribution in [0.2, 0.25) is 0 Å². The van der Waals surface area contributed by atoms with Crippen LogP contribution >= 0.6 is 0 Å². The number of ether oxygens (including phenoxy) is 4. The van der Waals surface area contributed by atoms with Gasteiger partial charge in [0.15, 0.2) is 11.8 Å². The van der Waals surface area contributed by atoms with E-state index in [-0.39, 0.29) is 17.5 Å². The first-order chi connectivity index (χ1) is 22.9. The molecule has 2 aromatic heterocycles. The van der Waals surface area contributed by atoms with Crippen molar-refractivity contribution in [2.45, 2.75) is 97.1 Å². The minimum Gasteiger partial charge on any atom is -0.485 e. The number of carbonyl (C=O) groups excluding carboxylic acids is 1. The molecule has 4 bridgehead atoms. The number of methoxy groups -OCH3 is 1. The van der Waals surface area contributed by atoms with Crippen molar-refractivity contribution in [3.63, 3.8) is 0 Å². The molecule has 0 aliphatic carbocycles. The summed E-state index contributed by atoms with van der Waals surface area (Å²) in [5.41, 5.74) is 5.37. The molecule has 0 N–H and O–H groups in total. The number of hydrogen-bond donors (Lipinski definition) is 0. The number of esters is 1. The van der Waals surface area contributed by atoms with Crippen LogP contribution in [0.3, 0.4) is 0 Å². The first kappa shape index (κ1) is 32.5. The van der Waals surface area contributed by atoms with E-state index >= 15 is 4.39 Å². The van der Waals surface area contributed by atoms with E-state index < -0.39 is 17.7 Å².